The van der Waals surface area contributed by atoms with Crippen LogP contribution in [0.5, 0.6) is 5.75 Å². The van der Waals surface area contributed by atoms with E-state index in [1.807, 2.05) is 0 Å². The van der Waals surface area contributed by atoms with Crippen LogP contribution in [0.4, 0.5) is 16.0 Å². The molecule has 3 aromatic rings. The lowest BCUT2D eigenvalue weighted by molar-refractivity contribution is 0.102. The van der Waals surface area contributed by atoms with Crippen LogP contribution in [0.25, 0.3) is 0 Å². The molecule has 6 nitrogen and oxygen atoms in total. The Labute approximate surface area is 150 Å². The number of carbonyl (C=O) groups is 1. The molecule has 3 rings (SSSR count). The van der Waals surface area contributed by atoms with Gasteiger partial charge in [-0.1, -0.05) is 30.3 Å². The molecule has 7 heteroatoms. The minimum Gasteiger partial charge on any atom is -0.496 e. The highest BCUT2D eigenvalue weighted by Gasteiger charge is 2.12. The van der Waals surface area contributed by atoms with Crippen LogP contribution in [0.2, 0.25) is 0 Å². The molecule has 0 aliphatic carbocycles. The second kappa shape index (κ2) is 8.06. The molecule has 1 aromatic heterocycles. The number of nitrogens with one attached hydrogen (secondary N) is 2. The lowest BCUT2D eigenvalue weighted by Gasteiger charge is -2.09. The van der Waals surface area contributed by atoms with Crippen molar-refractivity contribution in [2.75, 3.05) is 17.7 Å². The van der Waals surface area contributed by atoms with Crippen molar-refractivity contribution in [1.82, 2.24) is 10.2 Å². The summed E-state index contributed by atoms with van der Waals surface area (Å²) < 4.78 is 18.8. The predicted molar refractivity (Wildman–Crippen MR) is 96.7 cm³/mol. The van der Waals surface area contributed by atoms with E-state index >= 15 is 0 Å². The summed E-state index contributed by atoms with van der Waals surface area (Å²) in [6.45, 7) is 0.286. The van der Waals surface area contributed by atoms with Crippen molar-refractivity contribution in [1.29, 1.82) is 0 Å². The summed E-state index contributed by atoms with van der Waals surface area (Å²) in [4.78, 5) is 12.3. The molecule has 2 aromatic carbocycles. The molecule has 0 unspecified atom stereocenters. The van der Waals surface area contributed by atoms with Crippen LogP contribution in [0.15, 0.2) is 60.7 Å². The topological polar surface area (TPSA) is 76.1 Å². The maximum atomic E-state index is 13.6. The first kappa shape index (κ1) is 17.3. The quantitative estimate of drug-likeness (QED) is 0.710. The standard InChI is InChI=1S/C19H17FN4O2/c1-26-16-9-5-3-7-14(16)19(25)22-18-11-10-17(23-24-18)21-12-13-6-2-4-8-15(13)20/h2-11H,12H2,1H3,(H,21,23)(H,22,24,25). The number of para-hydroxylation sites is 1. The van der Waals surface area contributed by atoms with Crippen molar-refractivity contribution in [2.45, 2.75) is 6.54 Å². The lowest BCUT2D eigenvalue weighted by Crippen LogP contribution is -2.14. The van der Waals surface area contributed by atoms with Crippen molar-refractivity contribution in [3.05, 3.63) is 77.6 Å². The molecule has 132 valence electrons. The zero-order chi connectivity index (χ0) is 18.4. The van der Waals surface area contributed by atoms with E-state index in [0.717, 1.165) is 0 Å². The molecule has 0 saturated carbocycles. The van der Waals surface area contributed by atoms with E-state index in [2.05, 4.69) is 20.8 Å². The van der Waals surface area contributed by atoms with Crippen molar-refractivity contribution < 1.29 is 13.9 Å². The first-order valence-corrected chi connectivity index (χ1v) is 7.93. The maximum Gasteiger partial charge on any atom is 0.260 e. The Morgan fingerprint density at radius 1 is 1.00 bits per heavy atom. The molecule has 1 amide bonds. The van der Waals surface area contributed by atoms with Gasteiger partial charge in [-0.2, -0.15) is 0 Å². The second-order valence-corrected chi connectivity index (χ2v) is 5.40. The summed E-state index contributed by atoms with van der Waals surface area (Å²) in [6.07, 6.45) is 0. The Morgan fingerprint density at radius 2 is 1.69 bits per heavy atom. The number of hydrogen-bond donors (Lipinski definition) is 2. The van der Waals surface area contributed by atoms with Gasteiger partial charge in [-0.25, -0.2) is 4.39 Å². The molecule has 0 bridgehead atoms. The fourth-order valence-electron chi connectivity index (χ4n) is 2.34. The molecule has 0 atom stereocenters. The number of methoxy groups -OCH3 is 1. The molecule has 0 aliphatic heterocycles. The normalized spacial score (nSPS) is 10.2. The second-order valence-electron chi connectivity index (χ2n) is 5.40. The average Bonchev–Trinajstić information content (AvgIpc) is 2.68. The first-order valence-electron chi connectivity index (χ1n) is 7.93. The molecule has 26 heavy (non-hydrogen) atoms. The number of amides is 1. The van der Waals surface area contributed by atoms with Crippen LogP contribution in [0, 0.1) is 5.82 Å². The number of hydrogen-bond acceptors (Lipinski definition) is 5. The lowest BCUT2D eigenvalue weighted by atomic mass is 10.2. The highest BCUT2D eigenvalue weighted by molar-refractivity contribution is 6.05. The van der Waals surface area contributed by atoms with Gasteiger partial charge >= 0.3 is 0 Å². The summed E-state index contributed by atoms with van der Waals surface area (Å²) >= 11 is 0. The SMILES string of the molecule is COc1ccccc1C(=O)Nc1ccc(NCc2ccccc2F)nn1. The zero-order valence-electron chi connectivity index (χ0n) is 14.1. The molecule has 0 radical (unpaired) electrons. The fraction of sp³-hybridized carbons (Fsp3) is 0.105. The van der Waals surface area contributed by atoms with Crippen LogP contribution in [0.3, 0.4) is 0 Å². The van der Waals surface area contributed by atoms with Gasteiger partial charge in [-0.15, -0.1) is 10.2 Å². The number of aromatic nitrogens is 2. The molecule has 0 saturated heterocycles. The highest BCUT2D eigenvalue weighted by atomic mass is 19.1. The Morgan fingerprint density at radius 3 is 2.42 bits per heavy atom. The molecular weight excluding hydrogens is 335 g/mol. The summed E-state index contributed by atoms with van der Waals surface area (Å²) in [6, 6.07) is 16.7. The number of ether oxygens (including phenoxy) is 1. The number of anilines is 2. The Bertz CT molecular complexity index is 900. The van der Waals surface area contributed by atoms with Gasteiger partial charge < -0.3 is 15.4 Å². The van der Waals surface area contributed by atoms with Crippen molar-refractivity contribution in [2.24, 2.45) is 0 Å². The van der Waals surface area contributed by atoms with E-state index in [9.17, 15) is 9.18 Å². The Hall–Kier alpha value is -3.48. The Kier molecular flexibility index (Phi) is 5.38. The van der Waals surface area contributed by atoms with Crippen LogP contribution in [-0.2, 0) is 6.54 Å². The summed E-state index contributed by atoms with van der Waals surface area (Å²) in [7, 11) is 1.50. The number of rotatable bonds is 6. The van der Waals surface area contributed by atoms with E-state index < -0.39 is 0 Å². The van der Waals surface area contributed by atoms with Crippen molar-refractivity contribution in [3.8, 4) is 5.75 Å². The number of carbonyl (C=O) groups excluding carboxylic acids is 1. The molecule has 0 spiro atoms. The monoisotopic (exact) mass is 352 g/mol. The fourth-order valence-corrected chi connectivity index (χ4v) is 2.34. The predicted octanol–water partition coefficient (Wildman–Crippen LogP) is 3.49. The third-order valence-electron chi connectivity index (χ3n) is 3.68. The number of benzene rings is 2. The van der Waals surface area contributed by atoms with E-state index in [0.29, 0.717) is 28.5 Å². The van der Waals surface area contributed by atoms with Gasteiger partial charge in [-0.05, 0) is 30.3 Å². The summed E-state index contributed by atoms with van der Waals surface area (Å²) in [5, 5.41) is 13.6. The number of halogens is 1. The Balaban J connectivity index is 1.62. The van der Waals surface area contributed by atoms with E-state index in [1.165, 1.54) is 13.2 Å². The highest BCUT2D eigenvalue weighted by Crippen LogP contribution is 2.18. The van der Waals surface area contributed by atoms with Gasteiger partial charge in [0.05, 0.1) is 12.7 Å². The zero-order valence-corrected chi connectivity index (χ0v) is 14.1. The largest absolute Gasteiger partial charge is 0.496 e. The maximum absolute atomic E-state index is 13.6. The molecule has 0 aliphatic rings. The van der Waals surface area contributed by atoms with Gasteiger partial charge in [-0.3, -0.25) is 4.79 Å². The smallest absolute Gasteiger partial charge is 0.260 e. The van der Waals surface area contributed by atoms with Gasteiger partial charge in [0.15, 0.2) is 5.82 Å². The number of nitrogens with zero attached hydrogens (tertiary/aromatic N) is 2. The third-order valence-corrected chi connectivity index (χ3v) is 3.68. The molecule has 0 fully saturated rings. The summed E-state index contributed by atoms with van der Waals surface area (Å²) in [5.74, 6) is 0.625. The van der Waals surface area contributed by atoms with Crippen LogP contribution >= 0.6 is 0 Å². The van der Waals surface area contributed by atoms with Crippen LogP contribution < -0.4 is 15.4 Å². The van der Waals surface area contributed by atoms with Gasteiger partial charge in [0.25, 0.3) is 5.91 Å². The minimum atomic E-state index is -0.344. The molecule has 1 heterocycles. The van der Waals surface area contributed by atoms with E-state index in [4.69, 9.17) is 4.74 Å². The molecule has 2 N–H and O–H groups in total. The molecular formula is C19H17FN4O2. The first-order chi connectivity index (χ1) is 12.7. The summed E-state index contributed by atoms with van der Waals surface area (Å²) in [5.41, 5.74) is 0.932. The van der Waals surface area contributed by atoms with Gasteiger partial charge in [0.2, 0.25) is 0 Å². The average molecular weight is 352 g/mol. The minimum absolute atomic E-state index is 0.284. The van der Waals surface area contributed by atoms with E-state index in [1.54, 1.807) is 54.6 Å². The van der Waals surface area contributed by atoms with Crippen molar-refractivity contribution in [3.63, 3.8) is 0 Å². The third kappa shape index (κ3) is 4.13. The van der Waals surface area contributed by atoms with E-state index in [-0.39, 0.29) is 18.3 Å². The van der Waals surface area contributed by atoms with Crippen molar-refractivity contribution >= 4 is 17.5 Å². The van der Waals surface area contributed by atoms with Gasteiger partial charge in [0.1, 0.15) is 17.4 Å². The van der Waals surface area contributed by atoms with Gasteiger partial charge in [0, 0.05) is 12.1 Å². The van der Waals surface area contributed by atoms with Crippen LogP contribution in [0.1, 0.15) is 15.9 Å². The van der Waals surface area contributed by atoms with Crippen LogP contribution in [-0.4, -0.2) is 23.2 Å².